The summed E-state index contributed by atoms with van der Waals surface area (Å²) >= 11 is 0. The van der Waals surface area contributed by atoms with E-state index in [0.717, 1.165) is 12.8 Å². The predicted octanol–water partition coefficient (Wildman–Crippen LogP) is 3.24. The minimum atomic E-state index is -0.0363. The molecule has 4 heteroatoms. The fraction of sp³-hybridized carbons (Fsp3) is 0.588. The van der Waals surface area contributed by atoms with Crippen LogP contribution in [0.5, 0.6) is 5.75 Å². The van der Waals surface area contributed by atoms with Gasteiger partial charge in [-0.15, -0.1) is 0 Å². The van der Waals surface area contributed by atoms with Crippen molar-refractivity contribution in [3.63, 3.8) is 0 Å². The molecule has 2 rings (SSSR count). The molecule has 21 heavy (non-hydrogen) atoms. The fourth-order valence-corrected chi connectivity index (χ4v) is 2.73. The van der Waals surface area contributed by atoms with Crippen LogP contribution in [0, 0.1) is 0 Å². The fourth-order valence-electron chi connectivity index (χ4n) is 2.73. The standard InChI is InChI=1S/C17H24O4/c1-4-19-17-8-6-5-7-15(17)16(18)11-20-14-9-12(2)21-13(3)10-14/h5-8,12-14H,4,9-11H2,1-3H3. The summed E-state index contributed by atoms with van der Waals surface area (Å²) in [5.41, 5.74) is 0.590. The highest BCUT2D eigenvalue weighted by atomic mass is 16.5. The van der Waals surface area contributed by atoms with Crippen molar-refractivity contribution in [2.45, 2.75) is 51.9 Å². The zero-order valence-electron chi connectivity index (χ0n) is 13.0. The molecule has 0 spiro atoms. The molecule has 0 saturated carbocycles. The van der Waals surface area contributed by atoms with E-state index >= 15 is 0 Å². The third-order valence-electron chi connectivity index (χ3n) is 3.59. The number of ether oxygens (including phenoxy) is 3. The van der Waals surface area contributed by atoms with Gasteiger partial charge in [0.1, 0.15) is 12.4 Å². The average Bonchev–Trinajstić information content (AvgIpc) is 2.45. The lowest BCUT2D eigenvalue weighted by Gasteiger charge is -2.31. The number of para-hydroxylation sites is 1. The summed E-state index contributed by atoms with van der Waals surface area (Å²) in [7, 11) is 0. The summed E-state index contributed by atoms with van der Waals surface area (Å²) < 4.78 is 16.9. The molecule has 0 N–H and O–H groups in total. The molecule has 0 bridgehead atoms. The van der Waals surface area contributed by atoms with Crippen molar-refractivity contribution in [3.8, 4) is 5.75 Å². The van der Waals surface area contributed by atoms with Crippen LogP contribution in [-0.2, 0) is 9.47 Å². The summed E-state index contributed by atoms with van der Waals surface area (Å²) in [6, 6.07) is 7.31. The van der Waals surface area contributed by atoms with E-state index in [9.17, 15) is 4.79 Å². The Morgan fingerprint density at radius 1 is 1.24 bits per heavy atom. The van der Waals surface area contributed by atoms with Crippen LogP contribution in [0.3, 0.4) is 0 Å². The minimum Gasteiger partial charge on any atom is -0.493 e. The molecule has 1 fully saturated rings. The van der Waals surface area contributed by atoms with Gasteiger partial charge >= 0.3 is 0 Å². The van der Waals surface area contributed by atoms with Crippen LogP contribution in [0.4, 0.5) is 0 Å². The summed E-state index contributed by atoms with van der Waals surface area (Å²) in [6.45, 7) is 6.62. The van der Waals surface area contributed by atoms with Crippen molar-refractivity contribution in [1.82, 2.24) is 0 Å². The van der Waals surface area contributed by atoms with Crippen molar-refractivity contribution in [2.24, 2.45) is 0 Å². The highest BCUT2D eigenvalue weighted by molar-refractivity contribution is 5.99. The number of hydrogen-bond donors (Lipinski definition) is 0. The number of carbonyl (C=O) groups is 1. The van der Waals surface area contributed by atoms with Gasteiger partial charge in [-0.25, -0.2) is 0 Å². The maximum Gasteiger partial charge on any atom is 0.192 e. The smallest absolute Gasteiger partial charge is 0.192 e. The Morgan fingerprint density at radius 2 is 1.90 bits per heavy atom. The van der Waals surface area contributed by atoms with Crippen molar-refractivity contribution in [1.29, 1.82) is 0 Å². The van der Waals surface area contributed by atoms with Gasteiger partial charge in [0.05, 0.1) is 30.5 Å². The highest BCUT2D eigenvalue weighted by Crippen LogP contribution is 2.23. The first-order valence-corrected chi connectivity index (χ1v) is 7.62. The molecule has 0 aliphatic carbocycles. The molecule has 0 aromatic heterocycles. The Bertz CT molecular complexity index is 462. The normalized spacial score (nSPS) is 25.6. The SMILES string of the molecule is CCOc1ccccc1C(=O)COC1CC(C)OC(C)C1. The van der Waals surface area contributed by atoms with Crippen LogP contribution in [-0.4, -0.2) is 37.3 Å². The van der Waals surface area contributed by atoms with Crippen LogP contribution in [0.25, 0.3) is 0 Å². The van der Waals surface area contributed by atoms with E-state index in [0.29, 0.717) is 17.9 Å². The van der Waals surface area contributed by atoms with Crippen molar-refractivity contribution < 1.29 is 19.0 Å². The number of rotatable bonds is 6. The quantitative estimate of drug-likeness (QED) is 0.755. The molecular weight excluding hydrogens is 268 g/mol. The Labute approximate surface area is 126 Å². The lowest BCUT2D eigenvalue weighted by molar-refractivity contribution is -0.0975. The van der Waals surface area contributed by atoms with Gasteiger partial charge < -0.3 is 14.2 Å². The second kappa shape index (κ2) is 7.57. The van der Waals surface area contributed by atoms with Gasteiger partial charge in [0.25, 0.3) is 0 Å². The van der Waals surface area contributed by atoms with E-state index in [2.05, 4.69) is 0 Å². The number of Topliss-reactive ketones (excluding diaryl/α,β-unsaturated/α-hetero) is 1. The Hall–Kier alpha value is -1.39. The lowest BCUT2D eigenvalue weighted by atomic mass is 10.0. The zero-order chi connectivity index (χ0) is 15.2. The molecule has 4 nitrogen and oxygen atoms in total. The Kier molecular flexibility index (Phi) is 5.76. The monoisotopic (exact) mass is 292 g/mol. The summed E-state index contributed by atoms with van der Waals surface area (Å²) in [6.07, 6.45) is 2.14. The first kappa shape index (κ1) is 16.0. The summed E-state index contributed by atoms with van der Waals surface area (Å²) in [5.74, 6) is 0.591. The molecule has 1 aromatic carbocycles. The number of benzene rings is 1. The van der Waals surface area contributed by atoms with Crippen LogP contribution in [0.1, 0.15) is 44.0 Å². The maximum atomic E-state index is 12.3. The molecule has 1 aliphatic rings. The van der Waals surface area contributed by atoms with Crippen LogP contribution in [0.15, 0.2) is 24.3 Å². The van der Waals surface area contributed by atoms with E-state index in [1.807, 2.05) is 39.0 Å². The second-order valence-corrected chi connectivity index (χ2v) is 5.51. The Balaban J connectivity index is 1.92. The molecular formula is C17H24O4. The maximum absolute atomic E-state index is 12.3. The molecule has 1 aliphatic heterocycles. The molecule has 1 aromatic rings. The van der Waals surface area contributed by atoms with Crippen LogP contribution >= 0.6 is 0 Å². The largest absolute Gasteiger partial charge is 0.493 e. The van der Waals surface area contributed by atoms with Gasteiger partial charge in [0, 0.05) is 0 Å². The average molecular weight is 292 g/mol. The molecule has 1 heterocycles. The molecule has 1 saturated heterocycles. The second-order valence-electron chi connectivity index (χ2n) is 5.51. The van der Waals surface area contributed by atoms with E-state index in [-0.39, 0.29) is 30.7 Å². The zero-order valence-corrected chi connectivity index (χ0v) is 13.0. The van der Waals surface area contributed by atoms with Crippen LogP contribution < -0.4 is 4.74 Å². The van der Waals surface area contributed by atoms with Gasteiger partial charge in [-0.05, 0) is 45.7 Å². The van der Waals surface area contributed by atoms with E-state index < -0.39 is 0 Å². The van der Waals surface area contributed by atoms with Gasteiger partial charge in [0.15, 0.2) is 5.78 Å². The van der Waals surface area contributed by atoms with Gasteiger partial charge in [-0.2, -0.15) is 0 Å². The number of ketones is 1. The highest BCUT2D eigenvalue weighted by Gasteiger charge is 2.25. The lowest BCUT2D eigenvalue weighted by Crippen LogP contribution is -2.35. The van der Waals surface area contributed by atoms with Gasteiger partial charge in [-0.3, -0.25) is 4.79 Å². The third-order valence-corrected chi connectivity index (χ3v) is 3.59. The van der Waals surface area contributed by atoms with Gasteiger partial charge in [0.2, 0.25) is 0 Å². The summed E-state index contributed by atoms with van der Waals surface area (Å²) in [4.78, 5) is 12.3. The summed E-state index contributed by atoms with van der Waals surface area (Å²) in [5, 5.41) is 0. The predicted molar refractivity (Wildman–Crippen MR) is 80.9 cm³/mol. The van der Waals surface area contributed by atoms with E-state index in [1.54, 1.807) is 6.07 Å². The molecule has 2 unspecified atom stereocenters. The Morgan fingerprint density at radius 3 is 2.57 bits per heavy atom. The molecule has 0 amide bonds. The van der Waals surface area contributed by atoms with Crippen molar-refractivity contribution >= 4 is 5.78 Å². The van der Waals surface area contributed by atoms with Gasteiger partial charge in [-0.1, -0.05) is 12.1 Å². The van der Waals surface area contributed by atoms with Crippen molar-refractivity contribution in [3.05, 3.63) is 29.8 Å². The van der Waals surface area contributed by atoms with Crippen LogP contribution in [0.2, 0.25) is 0 Å². The van der Waals surface area contributed by atoms with E-state index in [1.165, 1.54) is 0 Å². The topological polar surface area (TPSA) is 44.8 Å². The number of carbonyl (C=O) groups excluding carboxylic acids is 1. The first-order chi connectivity index (χ1) is 10.1. The first-order valence-electron chi connectivity index (χ1n) is 7.62. The number of hydrogen-bond acceptors (Lipinski definition) is 4. The molecule has 0 radical (unpaired) electrons. The minimum absolute atomic E-state index is 0.0363. The third kappa shape index (κ3) is 4.55. The molecule has 116 valence electrons. The molecule has 2 atom stereocenters. The van der Waals surface area contributed by atoms with Crippen molar-refractivity contribution in [2.75, 3.05) is 13.2 Å². The van der Waals surface area contributed by atoms with E-state index in [4.69, 9.17) is 14.2 Å².